The average molecular weight is 260 g/mol. The van der Waals surface area contributed by atoms with Gasteiger partial charge in [-0.2, -0.15) is 0 Å². The van der Waals surface area contributed by atoms with Crippen LogP contribution in [0.1, 0.15) is 31.7 Å². The molecule has 3 heteroatoms. The van der Waals surface area contributed by atoms with Crippen molar-refractivity contribution in [3.05, 3.63) is 23.8 Å². The molecule has 0 bridgehead atoms. The Balaban J connectivity index is 1.72. The molecule has 3 nitrogen and oxygen atoms in total. The van der Waals surface area contributed by atoms with Crippen molar-refractivity contribution < 1.29 is 4.74 Å². The largest absolute Gasteiger partial charge is 0.489 e. The number of benzene rings is 1. The monoisotopic (exact) mass is 260 g/mol. The van der Waals surface area contributed by atoms with E-state index in [2.05, 4.69) is 35.3 Å². The van der Waals surface area contributed by atoms with Gasteiger partial charge in [-0.05, 0) is 31.4 Å². The highest BCUT2D eigenvalue weighted by Gasteiger charge is 2.21. The van der Waals surface area contributed by atoms with E-state index >= 15 is 0 Å². The zero-order chi connectivity index (χ0) is 13.1. The number of piperidine rings is 1. The van der Waals surface area contributed by atoms with Crippen LogP contribution in [-0.2, 0) is 6.54 Å². The Kier molecular flexibility index (Phi) is 3.92. The van der Waals surface area contributed by atoms with Gasteiger partial charge in [0, 0.05) is 25.2 Å². The lowest BCUT2D eigenvalue weighted by Crippen LogP contribution is -2.35. The molecule has 0 radical (unpaired) electrons. The van der Waals surface area contributed by atoms with Crippen LogP contribution in [-0.4, -0.2) is 31.1 Å². The molecule has 1 N–H and O–H groups in total. The summed E-state index contributed by atoms with van der Waals surface area (Å²) in [4.78, 5) is 2.59. The third kappa shape index (κ3) is 2.86. The third-order valence-electron chi connectivity index (χ3n) is 4.33. The SMILES string of the molecule is CCC1CCCN(Cc2cccc3c2OCCN3)C1. The molecule has 1 aromatic rings. The molecule has 1 unspecified atom stereocenters. The summed E-state index contributed by atoms with van der Waals surface area (Å²) in [6.45, 7) is 7.51. The lowest BCUT2D eigenvalue weighted by atomic mass is 9.95. The first-order valence-electron chi connectivity index (χ1n) is 7.57. The fraction of sp³-hybridized carbons (Fsp3) is 0.625. The van der Waals surface area contributed by atoms with E-state index < -0.39 is 0 Å². The van der Waals surface area contributed by atoms with Crippen LogP contribution in [0.15, 0.2) is 18.2 Å². The molecule has 104 valence electrons. The lowest BCUT2D eigenvalue weighted by molar-refractivity contribution is 0.162. The van der Waals surface area contributed by atoms with E-state index in [0.29, 0.717) is 0 Å². The summed E-state index contributed by atoms with van der Waals surface area (Å²) in [5.74, 6) is 1.96. The fourth-order valence-corrected chi connectivity index (χ4v) is 3.23. The van der Waals surface area contributed by atoms with Crippen LogP contribution in [0.3, 0.4) is 0 Å². The quantitative estimate of drug-likeness (QED) is 0.903. The maximum atomic E-state index is 5.86. The number of para-hydroxylation sites is 1. The number of nitrogens with zero attached hydrogens (tertiary/aromatic N) is 1. The zero-order valence-electron chi connectivity index (χ0n) is 11.8. The Morgan fingerprint density at radius 3 is 3.26 bits per heavy atom. The number of fused-ring (bicyclic) bond motifs is 1. The molecule has 2 heterocycles. The molecule has 19 heavy (non-hydrogen) atoms. The van der Waals surface area contributed by atoms with Crippen molar-refractivity contribution in [2.24, 2.45) is 5.92 Å². The van der Waals surface area contributed by atoms with Crippen molar-refractivity contribution in [3.63, 3.8) is 0 Å². The van der Waals surface area contributed by atoms with Gasteiger partial charge in [-0.15, -0.1) is 0 Å². The molecule has 0 amide bonds. The van der Waals surface area contributed by atoms with Crippen LogP contribution in [0.25, 0.3) is 0 Å². The Morgan fingerprint density at radius 1 is 1.42 bits per heavy atom. The number of hydrogen-bond acceptors (Lipinski definition) is 3. The highest BCUT2D eigenvalue weighted by atomic mass is 16.5. The molecule has 2 aliphatic rings. The first-order chi connectivity index (χ1) is 9.36. The molecule has 1 aromatic carbocycles. The van der Waals surface area contributed by atoms with Crippen LogP contribution < -0.4 is 10.1 Å². The van der Waals surface area contributed by atoms with E-state index in [4.69, 9.17) is 4.74 Å². The van der Waals surface area contributed by atoms with E-state index in [1.807, 2.05) is 0 Å². The van der Waals surface area contributed by atoms with Crippen molar-refractivity contribution in [2.45, 2.75) is 32.7 Å². The van der Waals surface area contributed by atoms with E-state index in [1.54, 1.807) is 0 Å². The van der Waals surface area contributed by atoms with Gasteiger partial charge in [-0.3, -0.25) is 4.90 Å². The average Bonchev–Trinajstić information content (AvgIpc) is 2.48. The van der Waals surface area contributed by atoms with Gasteiger partial charge in [-0.1, -0.05) is 25.5 Å². The normalized spacial score (nSPS) is 23.3. The van der Waals surface area contributed by atoms with Crippen molar-refractivity contribution in [1.82, 2.24) is 4.90 Å². The predicted octanol–water partition coefficient (Wildman–Crippen LogP) is 3.11. The summed E-state index contributed by atoms with van der Waals surface area (Å²) in [6.07, 6.45) is 4.05. The first-order valence-corrected chi connectivity index (χ1v) is 7.57. The highest BCUT2D eigenvalue weighted by molar-refractivity contribution is 5.61. The standard InChI is InChI=1S/C16H24N2O/c1-2-13-5-4-9-18(11-13)12-14-6-3-7-15-16(14)19-10-8-17-15/h3,6-7,13,17H,2,4-5,8-12H2,1H3. The van der Waals surface area contributed by atoms with E-state index in [-0.39, 0.29) is 0 Å². The number of hydrogen-bond donors (Lipinski definition) is 1. The smallest absolute Gasteiger partial charge is 0.146 e. The molecule has 0 aliphatic carbocycles. The van der Waals surface area contributed by atoms with Gasteiger partial charge in [0.15, 0.2) is 0 Å². The van der Waals surface area contributed by atoms with Gasteiger partial charge in [-0.25, -0.2) is 0 Å². The van der Waals surface area contributed by atoms with E-state index in [9.17, 15) is 0 Å². The second-order valence-electron chi connectivity index (χ2n) is 5.72. The molecular formula is C16H24N2O. The number of anilines is 1. The van der Waals surface area contributed by atoms with E-state index in [1.165, 1.54) is 37.9 Å². The molecule has 0 spiro atoms. The highest BCUT2D eigenvalue weighted by Crippen LogP contribution is 2.32. The molecule has 1 saturated heterocycles. The van der Waals surface area contributed by atoms with Gasteiger partial charge in [0.2, 0.25) is 0 Å². The zero-order valence-corrected chi connectivity index (χ0v) is 11.8. The molecule has 0 saturated carbocycles. The van der Waals surface area contributed by atoms with Crippen molar-refractivity contribution in [3.8, 4) is 5.75 Å². The lowest BCUT2D eigenvalue weighted by Gasteiger charge is -2.33. The Morgan fingerprint density at radius 2 is 2.37 bits per heavy atom. The minimum atomic E-state index is 0.779. The number of nitrogens with one attached hydrogen (secondary N) is 1. The third-order valence-corrected chi connectivity index (χ3v) is 4.33. The van der Waals surface area contributed by atoms with Crippen LogP contribution in [0.5, 0.6) is 5.75 Å². The van der Waals surface area contributed by atoms with Crippen molar-refractivity contribution >= 4 is 5.69 Å². The van der Waals surface area contributed by atoms with Gasteiger partial charge in [0.25, 0.3) is 0 Å². The van der Waals surface area contributed by atoms with Crippen LogP contribution in [0.2, 0.25) is 0 Å². The summed E-state index contributed by atoms with van der Waals surface area (Å²) >= 11 is 0. The van der Waals surface area contributed by atoms with Crippen molar-refractivity contribution in [2.75, 3.05) is 31.6 Å². The molecule has 3 rings (SSSR count). The number of ether oxygens (including phenoxy) is 1. The summed E-state index contributed by atoms with van der Waals surface area (Å²) in [7, 11) is 0. The maximum absolute atomic E-state index is 5.86. The topological polar surface area (TPSA) is 24.5 Å². The molecular weight excluding hydrogens is 236 g/mol. The maximum Gasteiger partial charge on any atom is 0.146 e. The second-order valence-corrected chi connectivity index (χ2v) is 5.72. The molecule has 1 fully saturated rings. The van der Waals surface area contributed by atoms with Crippen LogP contribution in [0, 0.1) is 5.92 Å². The van der Waals surface area contributed by atoms with Gasteiger partial charge in [0.1, 0.15) is 12.4 Å². The predicted molar refractivity (Wildman–Crippen MR) is 78.7 cm³/mol. The fourth-order valence-electron chi connectivity index (χ4n) is 3.23. The van der Waals surface area contributed by atoms with Crippen LogP contribution in [0.4, 0.5) is 5.69 Å². The summed E-state index contributed by atoms with van der Waals surface area (Å²) in [5, 5.41) is 3.42. The van der Waals surface area contributed by atoms with Crippen molar-refractivity contribution in [1.29, 1.82) is 0 Å². The minimum Gasteiger partial charge on any atom is -0.489 e. The second kappa shape index (κ2) is 5.83. The Bertz CT molecular complexity index is 433. The minimum absolute atomic E-state index is 0.779. The first kappa shape index (κ1) is 12.8. The van der Waals surface area contributed by atoms with Gasteiger partial charge in [0.05, 0.1) is 5.69 Å². The summed E-state index contributed by atoms with van der Waals surface area (Å²) in [6, 6.07) is 6.46. The summed E-state index contributed by atoms with van der Waals surface area (Å²) < 4.78 is 5.86. The van der Waals surface area contributed by atoms with Gasteiger partial charge < -0.3 is 10.1 Å². The molecule has 1 atom stereocenters. The molecule has 0 aromatic heterocycles. The molecule has 2 aliphatic heterocycles. The Hall–Kier alpha value is -1.22. The number of rotatable bonds is 3. The van der Waals surface area contributed by atoms with Gasteiger partial charge >= 0.3 is 0 Å². The summed E-state index contributed by atoms with van der Waals surface area (Å²) in [5.41, 5.74) is 2.49. The number of likely N-dealkylation sites (tertiary alicyclic amines) is 1. The van der Waals surface area contributed by atoms with E-state index in [0.717, 1.165) is 37.1 Å². The van der Waals surface area contributed by atoms with Crippen LogP contribution >= 0.6 is 0 Å². The Labute approximate surface area is 115 Å².